The molecule has 2 heterocycles. The molecule has 2 aromatic rings. The number of fused-ring (bicyclic) bond motifs is 2. The van der Waals surface area contributed by atoms with Crippen molar-refractivity contribution in [2.45, 2.75) is 12.8 Å². The molecular formula is C17H14BrNO3. The zero-order valence-corrected chi connectivity index (χ0v) is 13.4. The summed E-state index contributed by atoms with van der Waals surface area (Å²) < 4.78 is 12.3. The SMILES string of the molecule is O=C(Nc1ccc(Br)cc1)c1c2c(cc3c1OCC3)OCC2. The maximum atomic E-state index is 12.8. The second-order valence-corrected chi connectivity index (χ2v) is 6.29. The van der Waals surface area contributed by atoms with Gasteiger partial charge in [-0.1, -0.05) is 15.9 Å². The molecule has 1 N–H and O–H groups in total. The van der Waals surface area contributed by atoms with Gasteiger partial charge < -0.3 is 14.8 Å². The molecule has 0 unspecified atom stereocenters. The Hall–Kier alpha value is -2.01. The topological polar surface area (TPSA) is 47.6 Å². The van der Waals surface area contributed by atoms with Crippen molar-refractivity contribution in [3.05, 3.63) is 51.5 Å². The van der Waals surface area contributed by atoms with Crippen LogP contribution in [-0.2, 0) is 12.8 Å². The van der Waals surface area contributed by atoms with E-state index in [0.29, 0.717) is 18.8 Å². The normalized spacial score (nSPS) is 14.8. The van der Waals surface area contributed by atoms with Crippen LogP contribution >= 0.6 is 15.9 Å². The number of carbonyl (C=O) groups excluding carboxylic acids is 1. The summed E-state index contributed by atoms with van der Waals surface area (Å²) in [5, 5.41) is 2.95. The van der Waals surface area contributed by atoms with E-state index in [1.165, 1.54) is 0 Å². The number of nitrogens with one attached hydrogen (secondary N) is 1. The Morgan fingerprint density at radius 3 is 2.68 bits per heavy atom. The van der Waals surface area contributed by atoms with Crippen LogP contribution < -0.4 is 14.8 Å². The van der Waals surface area contributed by atoms with Crippen molar-refractivity contribution in [3.63, 3.8) is 0 Å². The van der Waals surface area contributed by atoms with Gasteiger partial charge in [0.2, 0.25) is 0 Å². The van der Waals surface area contributed by atoms with Crippen molar-refractivity contribution in [2.75, 3.05) is 18.5 Å². The van der Waals surface area contributed by atoms with Crippen molar-refractivity contribution in [1.82, 2.24) is 0 Å². The number of benzene rings is 2. The van der Waals surface area contributed by atoms with Crippen LogP contribution in [0.5, 0.6) is 11.5 Å². The van der Waals surface area contributed by atoms with Gasteiger partial charge in [-0.2, -0.15) is 0 Å². The first-order valence-electron chi connectivity index (χ1n) is 7.23. The van der Waals surface area contributed by atoms with Crippen molar-refractivity contribution in [3.8, 4) is 11.5 Å². The molecule has 0 bridgehead atoms. The van der Waals surface area contributed by atoms with E-state index in [9.17, 15) is 4.79 Å². The largest absolute Gasteiger partial charge is 0.493 e. The highest BCUT2D eigenvalue weighted by Crippen LogP contribution is 2.40. The van der Waals surface area contributed by atoms with Crippen LogP contribution in [0.15, 0.2) is 34.8 Å². The molecule has 22 heavy (non-hydrogen) atoms. The third kappa shape index (κ3) is 2.25. The van der Waals surface area contributed by atoms with Crippen LogP contribution in [-0.4, -0.2) is 19.1 Å². The third-order valence-electron chi connectivity index (χ3n) is 3.98. The average Bonchev–Trinajstić information content (AvgIpc) is 3.15. The highest BCUT2D eigenvalue weighted by Gasteiger charge is 2.30. The molecule has 2 aliphatic rings. The summed E-state index contributed by atoms with van der Waals surface area (Å²) in [6.45, 7) is 1.24. The summed E-state index contributed by atoms with van der Waals surface area (Å²) in [4.78, 5) is 12.8. The average molecular weight is 360 g/mol. The standard InChI is InChI=1S/C17H14BrNO3/c18-11-1-3-12(4-2-11)19-17(20)15-13-6-8-21-14(13)9-10-5-7-22-16(10)15/h1-4,9H,5-8H2,(H,19,20). The second-order valence-electron chi connectivity index (χ2n) is 5.37. The number of halogens is 1. The molecule has 5 heteroatoms. The molecular weight excluding hydrogens is 346 g/mol. The number of rotatable bonds is 2. The molecule has 0 spiro atoms. The Morgan fingerprint density at radius 1 is 1.09 bits per heavy atom. The molecule has 2 aromatic carbocycles. The zero-order valence-electron chi connectivity index (χ0n) is 11.8. The van der Waals surface area contributed by atoms with Gasteiger partial charge in [-0.25, -0.2) is 0 Å². The molecule has 4 rings (SSSR count). The van der Waals surface area contributed by atoms with Crippen LogP contribution in [0.1, 0.15) is 21.5 Å². The molecule has 0 aliphatic carbocycles. The fourth-order valence-corrected chi connectivity index (χ4v) is 3.22. The van der Waals surface area contributed by atoms with Crippen LogP contribution in [0.3, 0.4) is 0 Å². The summed E-state index contributed by atoms with van der Waals surface area (Å²) >= 11 is 3.39. The first kappa shape index (κ1) is 13.6. The van der Waals surface area contributed by atoms with Gasteiger partial charge in [-0.15, -0.1) is 0 Å². The van der Waals surface area contributed by atoms with Crippen LogP contribution in [0, 0.1) is 0 Å². The second kappa shape index (κ2) is 5.32. The van der Waals surface area contributed by atoms with Crippen molar-refractivity contribution >= 4 is 27.5 Å². The van der Waals surface area contributed by atoms with Gasteiger partial charge >= 0.3 is 0 Å². The van der Waals surface area contributed by atoms with Crippen molar-refractivity contribution in [2.24, 2.45) is 0 Å². The predicted molar refractivity (Wildman–Crippen MR) is 86.9 cm³/mol. The number of hydrogen-bond acceptors (Lipinski definition) is 3. The summed E-state index contributed by atoms with van der Waals surface area (Å²) in [6.07, 6.45) is 1.57. The van der Waals surface area contributed by atoms with E-state index in [2.05, 4.69) is 21.2 Å². The molecule has 0 saturated carbocycles. The molecule has 2 aliphatic heterocycles. The zero-order chi connectivity index (χ0) is 15.1. The fourth-order valence-electron chi connectivity index (χ4n) is 2.95. The first-order valence-corrected chi connectivity index (χ1v) is 8.03. The van der Waals surface area contributed by atoms with E-state index in [-0.39, 0.29) is 5.91 Å². The van der Waals surface area contributed by atoms with Crippen molar-refractivity contribution < 1.29 is 14.3 Å². The maximum Gasteiger partial charge on any atom is 0.259 e. The van der Waals surface area contributed by atoms with E-state index in [1.54, 1.807) is 0 Å². The van der Waals surface area contributed by atoms with Crippen molar-refractivity contribution in [1.29, 1.82) is 0 Å². The smallest absolute Gasteiger partial charge is 0.259 e. The summed E-state index contributed by atoms with van der Waals surface area (Å²) in [6, 6.07) is 9.54. The van der Waals surface area contributed by atoms with E-state index in [0.717, 1.165) is 45.6 Å². The quantitative estimate of drug-likeness (QED) is 0.891. The van der Waals surface area contributed by atoms with Crippen LogP contribution in [0.25, 0.3) is 0 Å². The van der Waals surface area contributed by atoms with E-state index in [1.807, 2.05) is 30.3 Å². The molecule has 0 saturated heterocycles. The molecule has 0 atom stereocenters. The van der Waals surface area contributed by atoms with E-state index < -0.39 is 0 Å². The minimum Gasteiger partial charge on any atom is -0.493 e. The Morgan fingerprint density at radius 2 is 1.86 bits per heavy atom. The lowest BCUT2D eigenvalue weighted by Gasteiger charge is -2.13. The predicted octanol–water partition coefficient (Wildman–Crippen LogP) is 3.57. The number of carbonyl (C=O) groups is 1. The lowest BCUT2D eigenvalue weighted by molar-refractivity contribution is 0.102. The van der Waals surface area contributed by atoms with E-state index >= 15 is 0 Å². The number of amides is 1. The molecule has 1 amide bonds. The Bertz CT molecular complexity index is 723. The summed E-state index contributed by atoms with van der Waals surface area (Å²) in [5.41, 5.74) is 3.40. The first-order chi connectivity index (χ1) is 10.7. The fraction of sp³-hybridized carbons (Fsp3) is 0.235. The summed E-state index contributed by atoms with van der Waals surface area (Å²) in [5.74, 6) is 1.41. The van der Waals surface area contributed by atoms with Gasteiger partial charge in [-0.05, 0) is 30.3 Å². The monoisotopic (exact) mass is 359 g/mol. The van der Waals surface area contributed by atoms with Gasteiger partial charge in [-0.3, -0.25) is 4.79 Å². The third-order valence-corrected chi connectivity index (χ3v) is 4.51. The molecule has 0 fully saturated rings. The maximum absolute atomic E-state index is 12.8. The lowest BCUT2D eigenvalue weighted by atomic mass is 9.99. The minimum absolute atomic E-state index is 0.136. The van der Waals surface area contributed by atoms with Crippen LogP contribution in [0.4, 0.5) is 5.69 Å². The number of anilines is 1. The van der Waals surface area contributed by atoms with Gasteiger partial charge in [0, 0.05) is 34.1 Å². The number of hydrogen-bond donors (Lipinski definition) is 1. The highest BCUT2D eigenvalue weighted by atomic mass is 79.9. The molecule has 0 radical (unpaired) electrons. The molecule has 0 aromatic heterocycles. The van der Waals surface area contributed by atoms with Gasteiger partial charge in [0.25, 0.3) is 5.91 Å². The lowest BCUT2D eigenvalue weighted by Crippen LogP contribution is -2.15. The minimum atomic E-state index is -0.136. The summed E-state index contributed by atoms with van der Waals surface area (Å²) in [7, 11) is 0. The van der Waals surface area contributed by atoms with E-state index in [4.69, 9.17) is 9.47 Å². The molecule has 112 valence electrons. The Balaban J connectivity index is 1.73. The Labute approximate surface area is 136 Å². The molecule has 4 nitrogen and oxygen atoms in total. The highest BCUT2D eigenvalue weighted by molar-refractivity contribution is 9.10. The Kier molecular flexibility index (Phi) is 3.30. The van der Waals surface area contributed by atoms with Gasteiger partial charge in [0.1, 0.15) is 11.5 Å². The van der Waals surface area contributed by atoms with Gasteiger partial charge in [0.15, 0.2) is 0 Å². The van der Waals surface area contributed by atoms with Crippen LogP contribution in [0.2, 0.25) is 0 Å². The van der Waals surface area contributed by atoms with Gasteiger partial charge in [0.05, 0.1) is 18.8 Å². The number of ether oxygens (including phenoxy) is 2.